The summed E-state index contributed by atoms with van der Waals surface area (Å²) in [6.45, 7) is 0. The number of halogens is 1. The second-order valence-corrected chi connectivity index (χ2v) is 6.45. The Morgan fingerprint density at radius 1 is 0.524 bits per heavy atom. The average Bonchev–Trinajstić information content (AvgIpc) is 2.59. The Labute approximate surface area is 132 Å². The van der Waals surface area contributed by atoms with Gasteiger partial charge in [-0.1, -0.05) is 102 Å². The SMILES string of the molecule is ClPC(c1ccccc1)(c1ccccc1)c1ccccc1. The molecule has 0 saturated carbocycles. The third-order valence-electron chi connectivity index (χ3n) is 3.76. The maximum absolute atomic E-state index is 6.56. The summed E-state index contributed by atoms with van der Waals surface area (Å²) in [7, 11) is 0.224. The predicted molar refractivity (Wildman–Crippen MR) is 93.4 cm³/mol. The molecule has 0 radical (unpaired) electrons. The van der Waals surface area contributed by atoms with Gasteiger partial charge in [-0.25, -0.2) is 0 Å². The van der Waals surface area contributed by atoms with Crippen molar-refractivity contribution in [3.8, 4) is 0 Å². The van der Waals surface area contributed by atoms with E-state index in [4.69, 9.17) is 11.2 Å². The Morgan fingerprint density at radius 2 is 0.810 bits per heavy atom. The van der Waals surface area contributed by atoms with Crippen molar-refractivity contribution in [2.75, 3.05) is 0 Å². The number of hydrogen-bond donors (Lipinski definition) is 0. The fourth-order valence-corrected chi connectivity index (χ4v) is 4.54. The van der Waals surface area contributed by atoms with Gasteiger partial charge in [-0.15, -0.1) is 0 Å². The molecule has 0 fully saturated rings. The maximum Gasteiger partial charge on any atom is 0.0763 e. The minimum atomic E-state index is -0.286. The number of benzene rings is 3. The highest BCUT2D eigenvalue weighted by molar-refractivity contribution is 7.69. The quantitative estimate of drug-likeness (QED) is 0.421. The summed E-state index contributed by atoms with van der Waals surface area (Å²) >= 11 is 6.56. The third-order valence-corrected chi connectivity index (χ3v) is 5.76. The normalized spacial score (nSPS) is 11.9. The molecular weight excluding hydrogens is 295 g/mol. The van der Waals surface area contributed by atoms with Crippen molar-refractivity contribution in [2.45, 2.75) is 5.16 Å². The van der Waals surface area contributed by atoms with Crippen molar-refractivity contribution in [3.05, 3.63) is 108 Å². The summed E-state index contributed by atoms with van der Waals surface area (Å²) in [5.41, 5.74) is 3.70. The number of hydrogen-bond acceptors (Lipinski definition) is 0. The van der Waals surface area contributed by atoms with E-state index in [1.165, 1.54) is 16.7 Å². The molecule has 0 nitrogen and oxygen atoms in total. The van der Waals surface area contributed by atoms with Crippen molar-refractivity contribution >= 4 is 19.2 Å². The van der Waals surface area contributed by atoms with Gasteiger partial charge in [-0.2, -0.15) is 0 Å². The van der Waals surface area contributed by atoms with Crippen molar-refractivity contribution < 1.29 is 0 Å². The lowest BCUT2D eigenvalue weighted by molar-refractivity contribution is 0.894. The van der Waals surface area contributed by atoms with Gasteiger partial charge in [-0.05, 0) is 24.6 Å². The Kier molecular flexibility index (Phi) is 4.39. The molecule has 0 aliphatic carbocycles. The van der Waals surface area contributed by atoms with Gasteiger partial charge in [0.2, 0.25) is 0 Å². The van der Waals surface area contributed by atoms with E-state index in [0.29, 0.717) is 0 Å². The molecule has 21 heavy (non-hydrogen) atoms. The first kappa shape index (κ1) is 14.3. The zero-order valence-corrected chi connectivity index (χ0v) is 13.3. The van der Waals surface area contributed by atoms with Gasteiger partial charge in [0.1, 0.15) is 0 Å². The van der Waals surface area contributed by atoms with Gasteiger partial charge >= 0.3 is 0 Å². The topological polar surface area (TPSA) is 0 Å². The molecule has 2 heteroatoms. The monoisotopic (exact) mass is 310 g/mol. The minimum Gasteiger partial charge on any atom is -0.0984 e. The summed E-state index contributed by atoms with van der Waals surface area (Å²) in [5.74, 6) is 0. The lowest BCUT2D eigenvalue weighted by Gasteiger charge is -2.33. The van der Waals surface area contributed by atoms with Gasteiger partial charge in [-0.3, -0.25) is 0 Å². The van der Waals surface area contributed by atoms with Crippen LogP contribution in [0.2, 0.25) is 0 Å². The first-order valence-electron chi connectivity index (χ1n) is 6.92. The first-order valence-corrected chi connectivity index (χ1v) is 8.93. The van der Waals surface area contributed by atoms with Crippen LogP contribution in [0.3, 0.4) is 0 Å². The van der Waals surface area contributed by atoms with Gasteiger partial charge in [0.15, 0.2) is 0 Å². The van der Waals surface area contributed by atoms with Crippen molar-refractivity contribution in [3.63, 3.8) is 0 Å². The van der Waals surface area contributed by atoms with Crippen LogP contribution in [0.1, 0.15) is 16.7 Å². The Bertz CT molecular complexity index is 584. The van der Waals surface area contributed by atoms with E-state index in [2.05, 4.69) is 72.8 Å². The molecule has 104 valence electrons. The zero-order chi connectivity index (χ0) is 14.5. The highest BCUT2D eigenvalue weighted by Crippen LogP contribution is 2.54. The number of rotatable bonds is 4. The molecule has 0 N–H and O–H groups in total. The molecule has 0 spiro atoms. The molecule has 0 heterocycles. The van der Waals surface area contributed by atoms with E-state index in [-0.39, 0.29) is 13.1 Å². The van der Waals surface area contributed by atoms with Gasteiger partial charge < -0.3 is 0 Å². The zero-order valence-electron chi connectivity index (χ0n) is 11.5. The van der Waals surface area contributed by atoms with Crippen LogP contribution >= 0.6 is 19.2 Å². The van der Waals surface area contributed by atoms with Crippen molar-refractivity contribution in [1.29, 1.82) is 0 Å². The molecule has 1 atom stereocenters. The standard InChI is InChI=1S/C19H16ClP/c20-21-19(16-10-4-1-5-11-16,17-12-6-2-7-13-17)18-14-8-3-9-15-18/h1-15,21H. The summed E-state index contributed by atoms with van der Waals surface area (Å²) in [6, 6.07) is 31.6. The van der Waals surface area contributed by atoms with E-state index in [1.807, 2.05) is 18.2 Å². The Balaban J connectivity index is 2.29. The molecule has 3 aromatic rings. The van der Waals surface area contributed by atoms with Gasteiger partial charge in [0.05, 0.1) is 5.16 Å². The molecular formula is C19H16ClP. The third kappa shape index (κ3) is 2.62. The molecule has 3 rings (SSSR count). The van der Waals surface area contributed by atoms with Crippen LogP contribution in [0.25, 0.3) is 0 Å². The van der Waals surface area contributed by atoms with Gasteiger partial charge in [0, 0.05) is 0 Å². The van der Waals surface area contributed by atoms with Crippen LogP contribution < -0.4 is 0 Å². The fraction of sp³-hybridized carbons (Fsp3) is 0.0526. The Morgan fingerprint density at radius 3 is 1.05 bits per heavy atom. The molecule has 0 aliphatic heterocycles. The van der Waals surface area contributed by atoms with Crippen LogP contribution in [-0.2, 0) is 5.16 Å². The molecule has 1 unspecified atom stereocenters. The minimum absolute atomic E-state index is 0.224. The van der Waals surface area contributed by atoms with Crippen LogP contribution in [-0.4, -0.2) is 0 Å². The van der Waals surface area contributed by atoms with Crippen molar-refractivity contribution in [2.24, 2.45) is 0 Å². The highest BCUT2D eigenvalue weighted by atomic mass is 35.7. The van der Waals surface area contributed by atoms with Crippen LogP contribution in [0, 0.1) is 0 Å². The highest BCUT2D eigenvalue weighted by Gasteiger charge is 2.35. The van der Waals surface area contributed by atoms with Crippen LogP contribution in [0.4, 0.5) is 0 Å². The van der Waals surface area contributed by atoms with E-state index in [1.54, 1.807) is 0 Å². The first-order chi connectivity index (χ1) is 10.4. The van der Waals surface area contributed by atoms with E-state index >= 15 is 0 Å². The van der Waals surface area contributed by atoms with E-state index in [0.717, 1.165) is 0 Å². The molecule has 0 saturated heterocycles. The molecule has 0 aliphatic rings. The predicted octanol–water partition coefficient (Wildman–Crippen LogP) is 5.81. The molecule has 0 bridgehead atoms. The second kappa shape index (κ2) is 6.43. The lowest BCUT2D eigenvalue weighted by Crippen LogP contribution is -2.22. The Hall–Kier alpha value is -1.62. The summed E-state index contributed by atoms with van der Waals surface area (Å²) < 4.78 is 0. The molecule has 0 amide bonds. The molecule has 0 aromatic heterocycles. The average molecular weight is 311 g/mol. The van der Waals surface area contributed by atoms with Crippen LogP contribution in [0.15, 0.2) is 91.0 Å². The fourth-order valence-electron chi connectivity index (χ4n) is 2.73. The van der Waals surface area contributed by atoms with Crippen LogP contribution in [0.5, 0.6) is 0 Å². The van der Waals surface area contributed by atoms with Gasteiger partial charge in [0.25, 0.3) is 0 Å². The van der Waals surface area contributed by atoms with E-state index in [9.17, 15) is 0 Å². The summed E-state index contributed by atoms with van der Waals surface area (Å²) in [5, 5.41) is -0.286. The maximum atomic E-state index is 6.56. The molecule has 3 aromatic carbocycles. The van der Waals surface area contributed by atoms with Crippen molar-refractivity contribution in [1.82, 2.24) is 0 Å². The smallest absolute Gasteiger partial charge is 0.0763 e. The summed E-state index contributed by atoms with van der Waals surface area (Å²) in [4.78, 5) is 0. The lowest BCUT2D eigenvalue weighted by atomic mass is 9.84. The second-order valence-electron chi connectivity index (χ2n) is 4.94. The van der Waals surface area contributed by atoms with E-state index < -0.39 is 0 Å². The summed E-state index contributed by atoms with van der Waals surface area (Å²) in [6.07, 6.45) is 0. The largest absolute Gasteiger partial charge is 0.0984 e.